The third-order valence-corrected chi connectivity index (χ3v) is 3.05. The standard InChI is InChI=1S/C11H19N5O2/c1-8(11(17)18-3)6-15(2)7-10-12-13-14-16(10)9-4-5-9/h8-9H,4-7H2,1-3H3/t8-/m0/s1. The van der Waals surface area contributed by atoms with Crippen molar-refractivity contribution in [2.24, 2.45) is 5.92 Å². The van der Waals surface area contributed by atoms with Gasteiger partial charge in [0.1, 0.15) is 0 Å². The second-order valence-electron chi connectivity index (χ2n) is 4.89. The van der Waals surface area contributed by atoms with Gasteiger partial charge >= 0.3 is 5.97 Å². The molecule has 0 saturated heterocycles. The molecule has 0 spiro atoms. The van der Waals surface area contributed by atoms with Crippen LogP contribution in [0.2, 0.25) is 0 Å². The van der Waals surface area contributed by atoms with Crippen molar-refractivity contribution in [1.82, 2.24) is 25.1 Å². The minimum absolute atomic E-state index is 0.148. The van der Waals surface area contributed by atoms with Crippen LogP contribution in [-0.2, 0) is 16.1 Å². The number of carbonyl (C=O) groups is 1. The van der Waals surface area contributed by atoms with Crippen LogP contribution in [0, 0.1) is 5.92 Å². The van der Waals surface area contributed by atoms with E-state index in [4.69, 9.17) is 4.74 Å². The molecule has 7 nitrogen and oxygen atoms in total. The zero-order valence-corrected chi connectivity index (χ0v) is 11.0. The average molecular weight is 253 g/mol. The summed E-state index contributed by atoms with van der Waals surface area (Å²) in [5, 5.41) is 11.7. The van der Waals surface area contributed by atoms with Crippen LogP contribution in [0.25, 0.3) is 0 Å². The van der Waals surface area contributed by atoms with Crippen LogP contribution in [-0.4, -0.2) is 51.8 Å². The summed E-state index contributed by atoms with van der Waals surface area (Å²) in [6.45, 7) is 3.13. The number of nitrogens with zero attached hydrogens (tertiary/aromatic N) is 5. The Bertz CT molecular complexity index is 415. The summed E-state index contributed by atoms with van der Waals surface area (Å²) in [6.07, 6.45) is 2.31. The van der Waals surface area contributed by atoms with Gasteiger partial charge in [0.05, 0.1) is 25.6 Å². The smallest absolute Gasteiger partial charge is 0.309 e. The molecule has 0 radical (unpaired) electrons. The Morgan fingerprint density at radius 1 is 1.61 bits per heavy atom. The molecule has 0 bridgehead atoms. The molecule has 1 fully saturated rings. The summed E-state index contributed by atoms with van der Waals surface area (Å²) in [6, 6.07) is 0.474. The van der Waals surface area contributed by atoms with Gasteiger partial charge in [0.2, 0.25) is 0 Å². The molecule has 1 atom stereocenters. The Kier molecular flexibility index (Phi) is 3.90. The van der Waals surface area contributed by atoms with Gasteiger partial charge in [-0.3, -0.25) is 9.69 Å². The van der Waals surface area contributed by atoms with E-state index in [1.807, 2.05) is 23.6 Å². The topological polar surface area (TPSA) is 73.1 Å². The van der Waals surface area contributed by atoms with E-state index in [2.05, 4.69) is 15.5 Å². The first kappa shape index (κ1) is 12.9. The zero-order valence-electron chi connectivity index (χ0n) is 11.0. The molecule has 7 heteroatoms. The second kappa shape index (κ2) is 5.43. The van der Waals surface area contributed by atoms with Gasteiger partial charge in [0, 0.05) is 6.54 Å². The monoisotopic (exact) mass is 253 g/mol. The molecule has 0 aromatic carbocycles. The van der Waals surface area contributed by atoms with Crippen LogP contribution in [0.15, 0.2) is 0 Å². The minimum atomic E-state index is -0.191. The molecular formula is C11H19N5O2. The molecule has 1 heterocycles. The number of ether oxygens (including phenoxy) is 1. The number of methoxy groups -OCH3 is 1. The van der Waals surface area contributed by atoms with E-state index >= 15 is 0 Å². The van der Waals surface area contributed by atoms with E-state index < -0.39 is 0 Å². The van der Waals surface area contributed by atoms with Crippen molar-refractivity contribution >= 4 is 5.97 Å². The van der Waals surface area contributed by atoms with Gasteiger partial charge < -0.3 is 4.74 Å². The molecule has 1 aliphatic carbocycles. The van der Waals surface area contributed by atoms with E-state index in [0.29, 0.717) is 19.1 Å². The summed E-state index contributed by atoms with van der Waals surface area (Å²) in [5.41, 5.74) is 0. The lowest BCUT2D eigenvalue weighted by atomic mass is 10.2. The maximum Gasteiger partial charge on any atom is 0.309 e. The van der Waals surface area contributed by atoms with Gasteiger partial charge in [-0.2, -0.15) is 0 Å². The van der Waals surface area contributed by atoms with Gasteiger partial charge in [-0.05, 0) is 30.3 Å². The van der Waals surface area contributed by atoms with Gasteiger partial charge in [-0.25, -0.2) is 4.68 Å². The van der Waals surface area contributed by atoms with E-state index in [1.165, 1.54) is 7.11 Å². The number of hydrogen-bond donors (Lipinski definition) is 0. The fraction of sp³-hybridized carbons (Fsp3) is 0.818. The lowest BCUT2D eigenvalue weighted by Gasteiger charge is -2.19. The first-order valence-electron chi connectivity index (χ1n) is 6.15. The third-order valence-electron chi connectivity index (χ3n) is 3.05. The molecule has 1 aromatic heterocycles. The summed E-state index contributed by atoms with van der Waals surface area (Å²) >= 11 is 0. The number of esters is 1. The lowest BCUT2D eigenvalue weighted by molar-refractivity contribution is -0.145. The summed E-state index contributed by atoms with van der Waals surface area (Å²) in [5.74, 6) is 0.519. The summed E-state index contributed by atoms with van der Waals surface area (Å²) in [4.78, 5) is 13.4. The maximum absolute atomic E-state index is 11.3. The fourth-order valence-electron chi connectivity index (χ4n) is 1.97. The van der Waals surface area contributed by atoms with Crippen molar-refractivity contribution in [2.45, 2.75) is 32.4 Å². The molecule has 1 saturated carbocycles. The molecule has 1 aromatic rings. The normalized spacial score (nSPS) is 16.9. The maximum atomic E-state index is 11.3. The van der Waals surface area contributed by atoms with Crippen molar-refractivity contribution in [1.29, 1.82) is 0 Å². The van der Waals surface area contributed by atoms with Crippen molar-refractivity contribution in [3.63, 3.8) is 0 Å². The first-order valence-corrected chi connectivity index (χ1v) is 6.15. The summed E-state index contributed by atoms with van der Waals surface area (Å²) < 4.78 is 6.60. The van der Waals surface area contributed by atoms with Crippen LogP contribution in [0.3, 0.4) is 0 Å². The summed E-state index contributed by atoms with van der Waals surface area (Å²) in [7, 11) is 3.36. The SMILES string of the molecule is COC(=O)[C@@H](C)CN(C)Cc1nnnn1C1CC1. The van der Waals surface area contributed by atoms with E-state index in [9.17, 15) is 4.79 Å². The molecule has 0 unspecified atom stereocenters. The van der Waals surface area contributed by atoms with Crippen molar-refractivity contribution in [3.05, 3.63) is 5.82 Å². The Morgan fingerprint density at radius 2 is 2.33 bits per heavy atom. The van der Waals surface area contributed by atoms with Gasteiger partial charge in [-0.1, -0.05) is 6.92 Å². The van der Waals surface area contributed by atoms with Crippen LogP contribution < -0.4 is 0 Å². The largest absolute Gasteiger partial charge is 0.469 e. The van der Waals surface area contributed by atoms with E-state index in [1.54, 1.807) is 0 Å². The Morgan fingerprint density at radius 3 is 2.94 bits per heavy atom. The Balaban J connectivity index is 1.88. The number of hydrogen-bond acceptors (Lipinski definition) is 6. The second-order valence-corrected chi connectivity index (χ2v) is 4.89. The number of tetrazole rings is 1. The van der Waals surface area contributed by atoms with Crippen LogP contribution in [0.4, 0.5) is 0 Å². The molecule has 2 rings (SSSR count). The van der Waals surface area contributed by atoms with Crippen LogP contribution in [0.1, 0.15) is 31.6 Å². The molecule has 18 heavy (non-hydrogen) atoms. The predicted octanol–water partition coefficient (Wildman–Crippen LogP) is 0.249. The van der Waals surface area contributed by atoms with Gasteiger partial charge in [0.15, 0.2) is 5.82 Å². The highest BCUT2D eigenvalue weighted by Gasteiger charge is 2.28. The molecule has 100 valence electrons. The van der Waals surface area contributed by atoms with E-state index in [0.717, 1.165) is 18.7 Å². The third kappa shape index (κ3) is 3.04. The van der Waals surface area contributed by atoms with Crippen LogP contribution in [0.5, 0.6) is 0 Å². The number of aromatic nitrogens is 4. The first-order chi connectivity index (χ1) is 8.61. The zero-order chi connectivity index (χ0) is 13.1. The highest BCUT2D eigenvalue weighted by molar-refractivity contribution is 5.71. The molecule has 1 aliphatic rings. The molecule has 0 aliphatic heterocycles. The average Bonchev–Trinajstić information content (AvgIpc) is 3.09. The number of rotatable bonds is 6. The highest BCUT2D eigenvalue weighted by atomic mass is 16.5. The molecular weight excluding hydrogens is 234 g/mol. The highest BCUT2D eigenvalue weighted by Crippen LogP contribution is 2.34. The van der Waals surface area contributed by atoms with Crippen molar-refractivity contribution in [3.8, 4) is 0 Å². The molecule has 0 amide bonds. The van der Waals surface area contributed by atoms with Crippen molar-refractivity contribution < 1.29 is 9.53 Å². The van der Waals surface area contributed by atoms with Crippen molar-refractivity contribution in [2.75, 3.05) is 20.7 Å². The fourth-order valence-corrected chi connectivity index (χ4v) is 1.97. The molecule has 0 N–H and O–H groups in total. The van der Waals surface area contributed by atoms with E-state index in [-0.39, 0.29) is 11.9 Å². The van der Waals surface area contributed by atoms with Gasteiger partial charge in [0.25, 0.3) is 0 Å². The quantitative estimate of drug-likeness (QED) is 0.677. The predicted molar refractivity (Wildman–Crippen MR) is 63.6 cm³/mol. The Labute approximate surface area is 106 Å². The minimum Gasteiger partial charge on any atom is -0.469 e. The Hall–Kier alpha value is -1.50. The van der Waals surface area contributed by atoms with Gasteiger partial charge in [-0.15, -0.1) is 5.10 Å². The van der Waals surface area contributed by atoms with Crippen LogP contribution >= 0.6 is 0 Å². The number of carbonyl (C=O) groups excluding carboxylic acids is 1. The lowest BCUT2D eigenvalue weighted by Crippen LogP contribution is -2.30.